The Morgan fingerprint density at radius 2 is 1.75 bits per heavy atom. The van der Waals surface area contributed by atoms with Crippen molar-refractivity contribution >= 4 is 46.5 Å². The minimum absolute atomic E-state index is 0.0281. The standard InChI is InChI=1S/C14H18N4O5S/c1-8(19)6-13(24)18-10(3-5-12(16)22)14(23)17-7-9(20)2-4-11(15)21/h10H,3,5-7H2,1H3,(H2,15,21)(H2,16,22)(H,17,23)(H,18,24)/t10-/m0/s1. The van der Waals surface area contributed by atoms with Crippen LogP contribution in [0.4, 0.5) is 0 Å². The van der Waals surface area contributed by atoms with E-state index in [0.717, 1.165) is 0 Å². The van der Waals surface area contributed by atoms with Crippen molar-refractivity contribution < 1.29 is 24.0 Å². The number of ketones is 2. The van der Waals surface area contributed by atoms with Crippen molar-refractivity contribution in [1.82, 2.24) is 10.6 Å². The predicted molar refractivity (Wildman–Crippen MR) is 88.2 cm³/mol. The van der Waals surface area contributed by atoms with E-state index in [0.29, 0.717) is 0 Å². The maximum absolute atomic E-state index is 12.1. The van der Waals surface area contributed by atoms with Gasteiger partial charge in [0.2, 0.25) is 17.6 Å². The molecule has 0 bridgehead atoms. The second-order valence-corrected chi connectivity index (χ2v) is 5.25. The van der Waals surface area contributed by atoms with Gasteiger partial charge in [0.15, 0.2) is 0 Å². The molecule has 0 saturated heterocycles. The minimum Gasteiger partial charge on any atom is -0.370 e. The summed E-state index contributed by atoms with van der Waals surface area (Å²) in [5.74, 6) is 0.668. The number of primary amides is 2. The number of carbonyl (C=O) groups excluding carboxylic acids is 5. The van der Waals surface area contributed by atoms with Crippen LogP contribution in [0.3, 0.4) is 0 Å². The fourth-order valence-electron chi connectivity index (χ4n) is 1.49. The van der Waals surface area contributed by atoms with Gasteiger partial charge in [0, 0.05) is 12.3 Å². The number of thiocarbonyl (C=S) groups is 1. The molecule has 24 heavy (non-hydrogen) atoms. The average Bonchev–Trinajstić information content (AvgIpc) is 2.45. The smallest absolute Gasteiger partial charge is 0.293 e. The van der Waals surface area contributed by atoms with E-state index >= 15 is 0 Å². The minimum atomic E-state index is -0.967. The second-order valence-electron chi connectivity index (χ2n) is 4.76. The molecular weight excluding hydrogens is 336 g/mol. The highest BCUT2D eigenvalue weighted by atomic mass is 32.1. The fraction of sp³-hybridized carbons (Fsp3) is 0.429. The van der Waals surface area contributed by atoms with E-state index in [1.165, 1.54) is 6.92 Å². The Labute approximate surface area is 143 Å². The van der Waals surface area contributed by atoms with Gasteiger partial charge in [0.25, 0.3) is 5.91 Å². The number of hydrogen-bond acceptors (Lipinski definition) is 6. The molecule has 6 N–H and O–H groups in total. The Balaban J connectivity index is 4.73. The van der Waals surface area contributed by atoms with Gasteiger partial charge < -0.3 is 22.1 Å². The Bertz CT molecular complexity index is 620. The van der Waals surface area contributed by atoms with Crippen LogP contribution in [0.1, 0.15) is 26.2 Å². The van der Waals surface area contributed by atoms with E-state index in [4.69, 9.17) is 23.7 Å². The predicted octanol–water partition coefficient (Wildman–Crippen LogP) is -2.31. The summed E-state index contributed by atoms with van der Waals surface area (Å²) in [7, 11) is 0. The summed E-state index contributed by atoms with van der Waals surface area (Å²) in [5, 5.41) is 4.93. The normalized spacial score (nSPS) is 10.5. The maximum atomic E-state index is 12.1. The largest absolute Gasteiger partial charge is 0.370 e. The van der Waals surface area contributed by atoms with Crippen molar-refractivity contribution in [2.24, 2.45) is 11.5 Å². The molecule has 9 nitrogen and oxygen atoms in total. The molecule has 0 aromatic rings. The zero-order chi connectivity index (χ0) is 18.7. The average molecular weight is 354 g/mol. The van der Waals surface area contributed by atoms with Gasteiger partial charge in [-0.1, -0.05) is 12.2 Å². The van der Waals surface area contributed by atoms with Crippen molar-refractivity contribution in [2.75, 3.05) is 6.54 Å². The first-order valence-electron chi connectivity index (χ1n) is 6.81. The number of nitrogens with one attached hydrogen (secondary N) is 2. The van der Waals surface area contributed by atoms with E-state index in [1.54, 1.807) is 0 Å². The molecule has 0 aliphatic heterocycles. The summed E-state index contributed by atoms with van der Waals surface area (Å²) in [6, 6.07) is -0.943. The molecule has 0 saturated carbocycles. The molecule has 0 radical (unpaired) electrons. The van der Waals surface area contributed by atoms with Gasteiger partial charge >= 0.3 is 0 Å². The molecule has 0 aromatic heterocycles. The highest BCUT2D eigenvalue weighted by Crippen LogP contribution is 2.00. The lowest BCUT2D eigenvalue weighted by Gasteiger charge is -2.18. The first-order chi connectivity index (χ1) is 11.1. The Hall–Kier alpha value is -2.80. The van der Waals surface area contributed by atoms with Crippen LogP contribution in [0, 0.1) is 11.8 Å². The molecule has 0 aromatic carbocycles. The molecule has 0 spiro atoms. The summed E-state index contributed by atoms with van der Waals surface area (Å²) in [6.07, 6.45) is -0.123. The van der Waals surface area contributed by atoms with E-state index in [2.05, 4.69) is 10.6 Å². The number of amides is 3. The zero-order valence-corrected chi connectivity index (χ0v) is 13.8. The summed E-state index contributed by atoms with van der Waals surface area (Å²) in [5.41, 5.74) is 9.80. The highest BCUT2D eigenvalue weighted by molar-refractivity contribution is 7.80. The molecule has 1 atom stereocenters. The summed E-state index contributed by atoms with van der Waals surface area (Å²) >= 11 is 4.94. The Morgan fingerprint density at radius 1 is 1.12 bits per heavy atom. The molecule has 0 unspecified atom stereocenters. The van der Waals surface area contributed by atoms with E-state index in [-0.39, 0.29) is 30.0 Å². The molecule has 3 amide bonds. The summed E-state index contributed by atoms with van der Waals surface area (Å²) < 4.78 is 0. The lowest BCUT2D eigenvalue weighted by atomic mass is 10.1. The lowest BCUT2D eigenvalue weighted by molar-refractivity contribution is -0.125. The molecule has 0 fully saturated rings. The van der Waals surface area contributed by atoms with Crippen molar-refractivity contribution in [3.63, 3.8) is 0 Å². The van der Waals surface area contributed by atoms with Crippen molar-refractivity contribution in [1.29, 1.82) is 0 Å². The molecule has 0 rings (SSSR count). The molecule has 0 aliphatic carbocycles. The van der Waals surface area contributed by atoms with Gasteiger partial charge in [0.05, 0.1) is 18.0 Å². The van der Waals surface area contributed by atoms with Gasteiger partial charge in [0.1, 0.15) is 11.8 Å². The maximum Gasteiger partial charge on any atom is 0.293 e. The second kappa shape index (κ2) is 10.8. The molecule has 0 heterocycles. The van der Waals surface area contributed by atoms with Crippen LogP contribution in [-0.2, 0) is 24.0 Å². The Morgan fingerprint density at radius 3 is 2.25 bits per heavy atom. The number of carbonyl (C=O) groups is 5. The van der Waals surface area contributed by atoms with Gasteiger partial charge in [-0.25, -0.2) is 0 Å². The topological polar surface area (TPSA) is 161 Å². The van der Waals surface area contributed by atoms with Crippen LogP contribution >= 0.6 is 12.2 Å². The third-order valence-electron chi connectivity index (χ3n) is 2.49. The van der Waals surface area contributed by atoms with Crippen molar-refractivity contribution in [2.45, 2.75) is 32.2 Å². The molecule has 0 aliphatic rings. The lowest BCUT2D eigenvalue weighted by Crippen LogP contribution is -2.48. The molecule has 130 valence electrons. The van der Waals surface area contributed by atoms with Crippen LogP contribution < -0.4 is 22.1 Å². The molecule has 10 heteroatoms. The van der Waals surface area contributed by atoms with Crippen molar-refractivity contribution in [3.05, 3.63) is 0 Å². The van der Waals surface area contributed by atoms with Gasteiger partial charge in [-0.3, -0.25) is 24.0 Å². The van der Waals surface area contributed by atoms with Gasteiger partial charge in [-0.2, -0.15) is 0 Å². The number of Topliss-reactive ketones (excluding diaryl/α,β-unsaturated/α-hetero) is 2. The SMILES string of the molecule is CC(=O)CC(=S)N[C@@H](CCC(N)=O)C(=O)NCC(=O)C#CC(N)=O. The quantitative estimate of drug-likeness (QED) is 0.205. The van der Waals surface area contributed by atoms with Crippen LogP contribution in [0.2, 0.25) is 0 Å². The summed E-state index contributed by atoms with van der Waals surface area (Å²) in [4.78, 5) is 55.8. The highest BCUT2D eigenvalue weighted by Gasteiger charge is 2.20. The monoisotopic (exact) mass is 354 g/mol. The van der Waals surface area contributed by atoms with Crippen LogP contribution in [-0.4, -0.2) is 46.9 Å². The zero-order valence-electron chi connectivity index (χ0n) is 13.0. The number of hydrogen-bond donors (Lipinski definition) is 4. The Kier molecular flexibility index (Phi) is 9.58. The first kappa shape index (κ1) is 21.2. The molecular formula is C14H18N4O5S. The van der Waals surface area contributed by atoms with E-state index in [1.807, 2.05) is 11.8 Å². The van der Waals surface area contributed by atoms with Crippen molar-refractivity contribution in [3.8, 4) is 11.8 Å². The number of rotatable bonds is 9. The van der Waals surface area contributed by atoms with Crippen LogP contribution in [0.15, 0.2) is 0 Å². The first-order valence-corrected chi connectivity index (χ1v) is 7.21. The van der Waals surface area contributed by atoms with Gasteiger partial charge in [-0.05, 0) is 19.3 Å². The number of nitrogens with two attached hydrogens (primary N) is 2. The van der Waals surface area contributed by atoms with E-state index in [9.17, 15) is 24.0 Å². The van der Waals surface area contributed by atoms with Crippen LogP contribution in [0.5, 0.6) is 0 Å². The summed E-state index contributed by atoms with van der Waals surface area (Å²) in [6.45, 7) is 0.885. The van der Waals surface area contributed by atoms with Gasteiger partial charge in [-0.15, -0.1) is 0 Å². The van der Waals surface area contributed by atoms with E-state index < -0.39 is 36.1 Å². The van der Waals surface area contributed by atoms with Crippen LogP contribution in [0.25, 0.3) is 0 Å². The fourth-order valence-corrected chi connectivity index (χ4v) is 1.84. The third-order valence-corrected chi connectivity index (χ3v) is 2.75. The third kappa shape index (κ3) is 10.9.